The number of hydrogen-bond acceptors (Lipinski definition) is 3. The highest BCUT2D eigenvalue weighted by Gasteiger charge is 2.15. The number of hydrogen-bond donors (Lipinski definition) is 1. The first-order valence-electron chi connectivity index (χ1n) is 4.67. The van der Waals surface area contributed by atoms with Crippen LogP contribution in [0.25, 0.3) is 0 Å². The number of carboxylic acid groups (broad SMARTS) is 1. The lowest BCUT2D eigenvalue weighted by Crippen LogP contribution is -2.26. The SMILES string of the molecule is C=C(CN(C)C(C)c1cccs1)C(=O)O. The van der Waals surface area contributed by atoms with Crippen molar-refractivity contribution in [2.75, 3.05) is 13.6 Å². The van der Waals surface area contributed by atoms with Crippen molar-refractivity contribution >= 4 is 17.3 Å². The van der Waals surface area contributed by atoms with Gasteiger partial charge in [-0.3, -0.25) is 4.90 Å². The summed E-state index contributed by atoms with van der Waals surface area (Å²) >= 11 is 1.68. The van der Waals surface area contributed by atoms with E-state index < -0.39 is 5.97 Å². The predicted octanol–water partition coefficient (Wildman–Crippen LogP) is 2.38. The molecule has 1 rings (SSSR count). The largest absolute Gasteiger partial charge is 0.478 e. The monoisotopic (exact) mass is 225 g/mol. The minimum absolute atomic E-state index is 0.223. The van der Waals surface area contributed by atoms with Gasteiger partial charge in [0, 0.05) is 23.0 Å². The number of likely N-dealkylation sites (N-methyl/N-ethyl adjacent to an activating group) is 1. The summed E-state index contributed by atoms with van der Waals surface area (Å²) in [4.78, 5) is 13.8. The van der Waals surface area contributed by atoms with Gasteiger partial charge in [-0.15, -0.1) is 11.3 Å². The molecule has 1 aromatic heterocycles. The Balaban J connectivity index is 2.58. The third-order valence-corrected chi connectivity index (χ3v) is 3.40. The molecule has 1 unspecified atom stereocenters. The Morgan fingerprint density at radius 1 is 1.73 bits per heavy atom. The molecule has 1 atom stereocenters. The van der Waals surface area contributed by atoms with Crippen LogP contribution in [0.5, 0.6) is 0 Å². The van der Waals surface area contributed by atoms with Gasteiger partial charge in [-0.1, -0.05) is 12.6 Å². The van der Waals surface area contributed by atoms with Gasteiger partial charge in [-0.05, 0) is 25.4 Å². The highest BCUT2D eigenvalue weighted by molar-refractivity contribution is 7.10. The molecule has 0 aliphatic rings. The van der Waals surface area contributed by atoms with Gasteiger partial charge in [0.2, 0.25) is 0 Å². The van der Waals surface area contributed by atoms with Crippen molar-refractivity contribution in [3.8, 4) is 0 Å². The van der Waals surface area contributed by atoms with Crippen LogP contribution in [-0.4, -0.2) is 29.6 Å². The van der Waals surface area contributed by atoms with Crippen LogP contribution in [0.15, 0.2) is 29.7 Å². The second-order valence-corrected chi connectivity index (χ2v) is 4.49. The summed E-state index contributed by atoms with van der Waals surface area (Å²) in [6.45, 7) is 5.96. The van der Waals surface area contributed by atoms with Gasteiger partial charge in [0.15, 0.2) is 0 Å². The molecule has 82 valence electrons. The summed E-state index contributed by atoms with van der Waals surface area (Å²) in [7, 11) is 1.90. The van der Waals surface area contributed by atoms with Crippen LogP contribution in [0.2, 0.25) is 0 Å². The van der Waals surface area contributed by atoms with Crippen molar-refractivity contribution in [2.24, 2.45) is 0 Å². The molecular formula is C11H15NO2S. The van der Waals surface area contributed by atoms with E-state index in [1.54, 1.807) is 11.3 Å². The van der Waals surface area contributed by atoms with Crippen molar-refractivity contribution in [3.63, 3.8) is 0 Å². The van der Waals surface area contributed by atoms with Crippen molar-refractivity contribution in [1.29, 1.82) is 0 Å². The van der Waals surface area contributed by atoms with E-state index in [0.717, 1.165) is 0 Å². The summed E-state index contributed by atoms with van der Waals surface area (Å²) in [5.41, 5.74) is 0.223. The number of aliphatic carboxylic acids is 1. The third kappa shape index (κ3) is 3.18. The van der Waals surface area contributed by atoms with Crippen LogP contribution >= 0.6 is 11.3 Å². The molecule has 0 amide bonds. The highest BCUT2D eigenvalue weighted by Crippen LogP contribution is 2.23. The summed E-state index contributed by atoms with van der Waals surface area (Å²) in [5, 5.41) is 10.7. The molecule has 3 nitrogen and oxygen atoms in total. The van der Waals surface area contributed by atoms with Crippen LogP contribution in [0.4, 0.5) is 0 Å². The molecule has 0 saturated carbocycles. The van der Waals surface area contributed by atoms with E-state index in [1.165, 1.54) is 4.88 Å². The van der Waals surface area contributed by atoms with E-state index in [-0.39, 0.29) is 11.6 Å². The summed E-state index contributed by atoms with van der Waals surface area (Å²) in [6, 6.07) is 4.27. The molecule has 0 aliphatic carbocycles. The molecule has 0 aliphatic heterocycles. The van der Waals surface area contributed by atoms with E-state index >= 15 is 0 Å². The Morgan fingerprint density at radius 3 is 2.87 bits per heavy atom. The van der Waals surface area contributed by atoms with Crippen molar-refractivity contribution in [3.05, 3.63) is 34.5 Å². The Hall–Kier alpha value is -1.13. The first-order valence-corrected chi connectivity index (χ1v) is 5.55. The molecule has 1 heterocycles. The minimum atomic E-state index is -0.930. The Morgan fingerprint density at radius 2 is 2.40 bits per heavy atom. The van der Waals surface area contributed by atoms with Gasteiger partial charge in [0.05, 0.1) is 0 Å². The van der Waals surface area contributed by atoms with Crippen molar-refractivity contribution in [2.45, 2.75) is 13.0 Å². The fourth-order valence-corrected chi connectivity index (χ4v) is 2.10. The van der Waals surface area contributed by atoms with E-state index in [1.807, 2.05) is 23.4 Å². The standard InChI is InChI=1S/C11H15NO2S/c1-8(11(13)14)7-12(3)9(2)10-5-4-6-15-10/h4-6,9H,1,7H2,2-3H3,(H,13,14). The molecule has 0 radical (unpaired) electrons. The van der Waals surface area contributed by atoms with Gasteiger partial charge in [-0.25, -0.2) is 4.79 Å². The zero-order valence-electron chi connectivity index (χ0n) is 8.93. The molecule has 0 bridgehead atoms. The molecule has 0 spiro atoms. The number of nitrogens with zero attached hydrogens (tertiary/aromatic N) is 1. The summed E-state index contributed by atoms with van der Waals surface area (Å²) in [5.74, 6) is -0.930. The topological polar surface area (TPSA) is 40.5 Å². The van der Waals surface area contributed by atoms with Crippen LogP contribution in [-0.2, 0) is 4.79 Å². The maximum atomic E-state index is 10.6. The lowest BCUT2D eigenvalue weighted by molar-refractivity contribution is -0.132. The number of rotatable bonds is 5. The van der Waals surface area contributed by atoms with Gasteiger partial charge in [-0.2, -0.15) is 0 Å². The van der Waals surface area contributed by atoms with Crippen LogP contribution in [0.1, 0.15) is 17.8 Å². The average molecular weight is 225 g/mol. The molecule has 1 aromatic rings. The number of thiophene rings is 1. The van der Waals surface area contributed by atoms with E-state index in [0.29, 0.717) is 6.54 Å². The van der Waals surface area contributed by atoms with Crippen LogP contribution in [0.3, 0.4) is 0 Å². The van der Waals surface area contributed by atoms with Gasteiger partial charge in [0.1, 0.15) is 0 Å². The molecule has 0 aromatic carbocycles. The second kappa shape index (κ2) is 5.09. The zero-order chi connectivity index (χ0) is 11.4. The Kier molecular flexibility index (Phi) is 4.05. The first kappa shape index (κ1) is 11.9. The van der Waals surface area contributed by atoms with E-state index in [9.17, 15) is 4.79 Å². The zero-order valence-corrected chi connectivity index (χ0v) is 9.75. The molecular weight excluding hydrogens is 210 g/mol. The van der Waals surface area contributed by atoms with Gasteiger partial charge < -0.3 is 5.11 Å². The fourth-order valence-electron chi connectivity index (χ4n) is 1.25. The van der Waals surface area contributed by atoms with Crippen molar-refractivity contribution in [1.82, 2.24) is 4.90 Å². The van der Waals surface area contributed by atoms with Crippen LogP contribution < -0.4 is 0 Å². The van der Waals surface area contributed by atoms with Crippen molar-refractivity contribution < 1.29 is 9.90 Å². The summed E-state index contributed by atoms with van der Waals surface area (Å²) < 4.78 is 0. The third-order valence-electron chi connectivity index (χ3n) is 2.36. The van der Waals surface area contributed by atoms with E-state index in [4.69, 9.17) is 5.11 Å². The van der Waals surface area contributed by atoms with Gasteiger partial charge in [0.25, 0.3) is 0 Å². The van der Waals surface area contributed by atoms with Gasteiger partial charge >= 0.3 is 5.97 Å². The summed E-state index contributed by atoms with van der Waals surface area (Å²) in [6.07, 6.45) is 0. The highest BCUT2D eigenvalue weighted by atomic mass is 32.1. The maximum Gasteiger partial charge on any atom is 0.332 e. The van der Waals surface area contributed by atoms with E-state index in [2.05, 4.69) is 19.6 Å². The molecule has 0 fully saturated rings. The average Bonchev–Trinajstić information content (AvgIpc) is 2.68. The maximum absolute atomic E-state index is 10.6. The quantitative estimate of drug-likeness (QED) is 0.782. The van der Waals surface area contributed by atoms with Crippen LogP contribution in [0, 0.1) is 0 Å². The number of carboxylic acids is 1. The Bertz CT molecular complexity index is 345. The normalized spacial score (nSPS) is 12.7. The smallest absolute Gasteiger partial charge is 0.332 e. The molecule has 4 heteroatoms. The lowest BCUT2D eigenvalue weighted by Gasteiger charge is -2.23. The fraction of sp³-hybridized carbons (Fsp3) is 0.364. The molecule has 0 saturated heterocycles. The second-order valence-electron chi connectivity index (χ2n) is 3.52. The predicted molar refractivity (Wildman–Crippen MR) is 62.1 cm³/mol. The number of carbonyl (C=O) groups is 1. The molecule has 15 heavy (non-hydrogen) atoms. The minimum Gasteiger partial charge on any atom is -0.478 e. The first-order chi connectivity index (χ1) is 7.02. The Labute approximate surface area is 93.7 Å². The molecule has 1 N–H and O–H groups in total. The lowest BCUT2D eigenvalue weighted by atomic mass is 10.2.